The fraction of sp³-hybridized carbons (Fsp3) is 0.647. The normalized spacial score (nSPS) is 13.8. The number of aryl methyl sites for hydroxylation is 1. The third kappa shape index (κ3) is 5.12. The highest BCUT2D eigenvalue weighted by atomic mass is 16.5. The molecule has 0 aliphatic heterocycles. The van der Waals surface area contributed by atoms with E-state index in [0.717, 1.165) is 6.42 Å². The van der Waals surface area contributed by atoms with Crippen LogP contribution in [0.1, 0.15) is 46.4 Å². The van der Waals surface area contributed by atoms with E-state index in [1.165, 1.54) is 0 Å². The summed E-state index contributed by atoms with van der Waals surface area (Å²) < 4.78 is 7.18. The number of hydrogen-bond donors (Lipinski definition) is 2. The van der Waals surface area contributed by atoms with Gasteiger partial charge < -0.3 is 15.2 Å². The number of hydrogen-bond acceptors (Lipinski definition) is 6. The van der Waals surface area contributed by atoms with Crippen LogP contribution in [0.5, 0.6) is 5.88 Å². The van der Waals surface area contributed by atoms with Gasteiger partial charge in [-0.25, -0.2) is 0 Å². The molecule has 0 aromatic carbocycles. The molecular weight excluding hydrogens is 322 g/mol. The SMILES string of the molecule is CC[C@H](C)[C@H](CO)NC(=O)CCc1nnc2ccc(OC(C)C)nn12. The maximum absolute atomic E-state index is 12.2. The lowest BCUT2D eigenvalue weighted by molar-refractivity contribution is -0.122. The first-order valence-electron chi connectivity index (χ1n) is 8.72. The minimum absolute atomic E-state index is 0.0200. The molecule has 1 amide bonds. The van der Waals surface area contributed by atoms with Crippen LogP contribution >= 0.6 is 0 Å². The molecule has 8 nitrogen and oxygen atoms in total. The zero-order valence-corrected chi connectivity index (χ0v) is 15.3. The number of fused-ring (bicyclic) bond motifs is 1. The van der Waals surface area contributed by atoms with E-state index in [2.05, 4.69) is 20.6 Å². The molecule has 2 rings (SSSR count). The number of rotatable bonds is 9. The average Bonchev–Trinajstić information content (AvgIpc) is 2.99. The highest BCUT2D eigenvalue weighted by Crippen LogP contribution is 2.12. The lowest BCUT2D eigenvalue weighted by atomic mass is 10.00. The Bertz CT molecular complexity index is 701. The average molecular weight is 349 g/mol. The van der Waals surface area contributed by atoms with Crippen molar-refractivity contribution in [2.75, 3.05) is 6.61 Å². The molecule has 0 saturated carbocycles. The predicted molar refractivity (Wildman–Crippen MR) is 93.3 cm³/mol. The molecule has 0 fully saturated rings. The molecule has 138 valence electrons. The molecule has 0 saturated heterocycles. The second kappa shape index (κ2) is 8.75. The van der Waals surface area contributed by atoms with Crippen molar-refractivity contribution in [3.63, 3.8) is 0 Å². The third-order valence-electron chi connectivity index (χ3n) is 4.11. The van der Waals surface area contributed by atoms with Gasteiger partial charge in [0.2, 0.25) is 11.8 Å². The van der Waals surface area contributed by atoms with Gasteiger partial charge in [-0.05, 0) is 25.8 Å². The summed E-state index contributed by atoms with van der Waals surface area (Å²) >= 11 is 0. The van der Waals surface area contributed by atoms with Crippen molar-refractivity contribution >= 4 is 11.6 Å². The number of aliphatic hydroxyl groups is 1. The number of nitrogens with one attached hydrogen (secondary N) is 1. The van der Waals surface area contributed by atoms with Crippen molar-refractivity contribution < 1.29 is 14.6 Å². The van der Waals surface area contributed by atoms with E-state index in [-0.39, 0.29) is 37.0 Å². The first-order chi connectivity index (χ1) is 11.9. The number of ether oxygens (including phenoxy) is 1. The van der Waals surface area contributed by atoms with Gasteiger partial charge in [0.25, 0.3) is 0 Å². The molecule has 0 unspecified atom stereocenters. The Labute approximate surface area is 147 Å². The summed E-state index contributed by atoms with van der Waals surface area (Å²) in [6.45, 7) is 7.83. The Kier molecular flexibility index (Phi) is 6.69. The topological polar surface area (TPSA) is 102 Å². The van der Waals surface area contributed by atoms with Crippen LogP contribution in [0.2, 0.25) is 0 Å². The molecule has 2 heterocycles. The fourth-order valence-corrected chi connectivity index (χ4v) is 2.43. The molecule has 2 N–H and O–H groups in total. The number of aromatic nitrogens is 4. The highest BCUT2D eigenvalue weighted by Gasteiger charge is 2.18. The maximum Gasteiger partial charge on any atom is 0.232 e. The fourth-order valence-electron chi connectivity index (χ4n) is 2.43. The zero-order valence-electron chi connectivity index (χ0n) is 15.3. The second-order valence-corrected chi connectivity index (χ2v) is 6.47. The third-order valence-corrected chi connectivity index (χ3v) is 4.11. The Hall–Kier alpha value is -2.22. The minimum atomic E-state index is -0.225. The minimum Gasteiger partial charge on any atom is -0.474 e. The summed E-state index contributed by atoms with van der Waals surface area (Å²) in [6, 6.07) is 3.31. The number of carbonyl (C=O) groups is 1. The molecule has 2 atom stereocenters. The number of amides is 1. The summed E-state index contributed by atoms with van der Waals surface area (Å²) in [5.41, 5.74) is 0.611. The summed E-state index contributed by atoms with van der Waals surface area (Å²) in [5.74, 6) is 1.19. The number of carbonyl (C=O) groups excluding carboxylic acids is 1. The van der Waals surface area contributed by atoms with Crippen molar-refractivity contribution in [3.8, 4) is 5.88 Å². The number of nitrogens with zero attached hydrogens (tertiary/aromatic N) is 4. The summed E-state index contributed by atoms with van der Waals surface area (Å²) in [6.07, 6.45) is 1.57. The van der Waals surface area contributed by atoms with Crippen LogP contribution in [-0.2, 0) is 11.2 Å². The van der Waals surface area contributed by atoms with Crippen molar-refractivity contribution in [2.24, 2.45) is 5.92 Å². The summed E-state index contributed by atoms with van der Waals surface area (Å²) in [4.78, 5) is 12.2. The van der Waals surface area contributed by atoms with E-state index in [4.69, 9.17) is 4.74 Å². The molecule has 0 bridgehead atoms. The van der Waals surface area contributed by atoms with Gasteiger partial charge in [-0.1, -0.05) is 20.3 Å². The molecule has 25 heavy (non-hydrogen) atoms. The van der Waals surface area contributed by atoms with Crippen molar-refractivity contribution in [3.05, 3.63) is 18.0 Å². The highest BCUT2D eigenvalue weighted by molar-refractivity contribution is 5.76. The number of aliphatic hydroxyl groups excluding tert-OH is 1. The van der Waals surface area contributed by atoms with Crippen molar-refractivity contribution in [1.82, 2.24) is 25.1 Å². The van der Waals surface area contributed by atoms with Gasteiger partial charge >= 0.3 is 0 Å². The van der Waals surface area contributed by atoms with Gasteiger partial charge in [-0.3, -0.25) is 4.79 Å². The van der Waals surface area contributed by atoms with E-state index in [1.54, 1.807) is 16.6 Å². The van der Waals surface area contributed by atoms with Gasteiger partial charge in [0.1, 0.15) is 0 Å². The van der Waals surface area contributed by atoms with Gasteiger partial charge in [-0.15, -0.1) is 15.3 Å². The first-order valence-corrected chi connectivity index (χ1v) is 8.72. The molecule has 0 aliphatic carbocycles. The Morgan fingerprint density at radius 3 is 2.72 bits per heavy atom. The molecular formula is C17H27N5O3. The van der Waals surface area contributed by atoms with Gasteiger partial charge in [0, 0.05) is 18.9 Å². The molecule has 2 aromatic rings. The second-order valence-electron chi connectivity index (χ2n) is 6.47. The Balaban J connectivity index is 2.01. The van der Waals surface area contributed by atoms with Gasteiger partial charge in [0.05, 0.1) is 18.8 Å². The summed E-state index contributed by atoms with van der Waals surface area (Å²) in [7, 11) is 0. The van der Waals surface area contributed by atoms with Crippen molar-refractivity contribution in [1.29, 1.82) is 0 Å². The molecule has 0 aliphatic rings. The lowest BCUT2D eigenvalue weighted by Crippen LogP contribution is -2.42. The molecule has 2 aromatic heterocycles. The standard InChI is InChI=1S/C17H27N5O3/c1-5-12(4)13(10-23)18-16(24)8-6-14-19-20-15-7-9-17(21-22(14)15)25-11(2)3/h7,9,11-13,23H,5-6,8,10H2,1-4H3,(H,18,24)/t12-,13-/m0/s1. The van der Waals surface area contributed by atoms with E-state index in [1.807, 2.05) is 27.7 Å². The molecule has 8 heteroatoms. The Morgan fingerprint density at radius 1 is 1.32 bits per heavy atom. The van der Waals surface area contributed by atoms with Crippen LogP contribution in [0.25, 0.3) is 5.65 Å². The van der Waals surface area contributed by atoms with E-state index in [9.17, 15) is 9.90 Å². The van der Waals surface area contributed by atoms with Crippen LogP contribution < -0.4 is 10.1 Å². The van der Waals surface area contributed by atoms with Crippen LogP contribution in [-0.4, -0.2) is 49.6 Å². The van der Waals surface area contributed by atoms with E-state index < -0.39 is 0 Å². The van der Waals surface area contributed by atoms with Crippen LogP contribution in [0.15, 0.2) is 12.1 Å². The van der Waals surface area contributed by atoms with E-state index in [0.29, 0.717) is 23.8 Å². The smallest absolute Gasteiger partial charge is 0.232 e. The summed E-state index contributed by atoms with van der Waals surface area (Å²) in [5, 5.41) is 24.8. The largest absolute Gasteiger partial charge is 0.474 e. The quantitative estimate of drug-likeness (QED) is 0.709. The monoisotopic (exact) mass is 349 g/mol. The van der Waals surface area contributed by atoms with Crippen LogP contribution in [0, 0.1) is 5.92 Å². The van der Waals surface area contributed by atoms with Crippen LogP contribution in [0.3, 0.4) is 0 Å². The zero-order chi connectivity index (χ0) is 18.4. The van der Waals surface area contributed by atoms with Crippen LogP contribution in [0.4, 0.5) is 0 Å². The first kappa shape index (κ1) is 19.1. The van der Waals surface area contributed by atoms with Crippen molar-refractivity contribution in [2.45, 2.75) is 59.1 Å². The molecule has 0 spiro atoms. The van der Waals surface area contributed by atoms with E-state index >= 15 is 0 Å². The lowest BCUT2D eigenvalue weighted by Gasteiger charge is -2.21. The Morgan fingerprint density at radius 2 is 2.08 bits per heavy atom. The van der Waals surface area contributed by atoms with Gasteiger partial charge in [0.15, 0.2) is 11.5 Å². The molecule has 0 radical (unpaired) electrons. The van der Waals surface area contributed by atoms with Gasteiger partial charge in [-0.2, -0.15) is 4.52 Å². The predicted octanol–water partition coefficient (Wildman–Crippen LogP) is 1.37. The maximum atomic E-state index is 12.2.